The average molecular weight is 263 g/mol. The fourth-order valence-corrected chi connectivity index (χ4v) is 2.60. The molecule has 19 heavy (non-hydrogen) atoms. The van der Waals surface area contributed by atoms with E-state index in [2.05, 4.69) is 28.9 Å². The van der Waals surface area contributed by atoms with Crippen molar-refractivity contribution in [3.8, 4) is 0 Å². The number of aliphatic hydroxyl groups excluding tert-OH is 1. The highest BCUT2D eigenvalue weighted by molar-refractivity contribution is 5.38. The summed E-state index contributed by atoms with van der Waals surface area (Å²) in [4.78, 5) is 9.05. The topological polar surface area (TPSA) is 39.6 Å². The molecule has 0 amide bonds. The normalized spacial score (nSPS) is 19.4. The van der Waals surface area contributed by atoms with Crippen LogP contribution < -0.4 is 4.90 Å². The fraction of sp³-hybridized carbons (Fsp3) is 0.667. The molecule has 1 aliphatic heterocycles. The van der Waals surface area contributed by atoms with Gasteiger partial charge in [-0.3, -0.25) is 0 Å². The third-order valence-electron chi connectivity index (χ3n) is 4.01. The van der Waals surface area contributed by atoms with E-state index in [-0.39, 0.29) is 0 Å². The van der Waals surface area contributed by atoms with Crippen LogP contribution in [-0.4, -0.2) is 48.7 Å². The van der Waals surface area contributed by atoms with Gasteiger partial charge < -0.3 is 14.9 Å². The van der Waals surface area contributed by atoms with Crippen molar-refractivity contribution < 1.29 is 5.11 Å². The van der Waals surface area contributed by atoms with Gasteiger partial charge in [0.1, 0.15) is 5.82 Å². The second kappa shape index (κ2) is 6.35. The summed E-state index contributed by atoms with van der Waals surface area (Å²) >= 11 is 0. The number of hydrogen-bond acceptors (Lipinski definition) is 4. The number of likely N-dealkylation sites (tertiary alicyclic amines) is 1. The molecule has 0 saturated carbocycles. The Labute approximate surface area is 116 Å². The second-order valence-corrected chi connectivity index (χ2v) is 5.75. The lowest BCUT2D eigenvalue weighted by Gasteiger charge is -2.32. The van der Waals surface area contributed by atoms with E-state index < -0.39 is 6.10 Å². The number of aromatic nitrogens is 1. The van der Waals surface area contributed by atoms with Crippen LogP contribution in [0.25, 0.3) is 0 Å². The molecule has 0 bridgehead atoms. The number of aliphatic hydroxyl groups is 1. The molecular formula is C15H25N3O. The monoisotopic (exact) mass is 263 g/mol. The van der Waals surface area contributed by atoms with Crippen molar-refractivity contribution in [2.45, 2.75) is 25.9 Å². The van der Waals surface area contributed by atoms with E-state index in [1.54, 1.807) is 13.1 Å². The van der Waals surface area contributed by atoms with Crippen LogP contribution in [0.2, 0.25) is 0 Å². The maximum Gasteiger partial charge on any atom is 0.128 e. The molecule has 2 heterocycles. The van der Waals surface area contributed by atoms with E-state index >= 15 is 0 Å². The van der Waals surface area contributed by atoms with Gasteiger partial charge in [0.2, 0.25) is 0 Å². The largest absolute Gasteiger partial charge is 0.389 e. The summed E-state index contributed by atoms with van der Waals surface area (Å²) in [5.41, 5.74) is 0.872. The fourth-order valence-electron chi connectivity index (χ4n) is 2.60. The van der Waals surface area contributed by atoms with Crippen LogP contribution in [0.1, 0.15) is 31.4 Å². The van der Waals surface area contributed by atoms with Gasteiger partial charge in [0, 0.05) is 19.8 Å². The van der Waals surface area contributed by atoms with Crippen LogP contribution in [0.5, 0.6) is 0 Å². The maximum atomic E-state index is 9.48. The molecule has 1 atom stereocenters. The SMILES string of the molecule is C[C@H](O)c1ccc(N(C)CC2CCN(C)CC2)nc1. The summed E-state index contributed by atoms with van der Waals surface area (Å²) in [6.45, 7) is 5.23. The molecule has 0 spiro atoms. The predicted octanol–water partition coefficient (Wildman–Crippen LogP) is 1.91. The molecule has 1 aromatic rings. The molecule has 0 aliphatic carbocycles. The Balaban J connectivity index is 1.90. The highest BCUT2D eigenvalue weighted by Crippen LogP contribution is 2.20. The number of pyridine rings is 1. The lowest BCUT2D eigenvalue weighted by molar-refractivity contribution is 0.199. The lowest BCUT2D eigenvalue weighted by Crippen LogP contribution is -2.35. The molecule has 0 radical (unpaired) electrons. The first-order valence-corrected chi connectivity index (χ1v) is 7.10. The zero-order valence-corrected chi connectivity index (χ0v) is 12.2. The Morgan fingerprint density at radius 1 is 1.42 bits per heavy atom. The number of anilines is 1. The van der Waals surface area contributed by atoms with Crippen molar-refractivity contribution in [3.05, 3.63) is 23.9 Å². The van der Waals surface area contributed by atoms with Gasteiger partial charge >= 0.3 is 0 Å². The van der Waals surface area contributed by atoms with Crippen LogP contribution >= 0.6 is 0 Å². The average Bonchev–Trinajstić information content (AvgIpc) is 2.41. The summed E-state index contributed by atoms with van der Waals surface area (Å²) in [5.74, 6) is 1.75. The standard InChI is InChI=1S/C15H25N3O/c1-12(19)14-4-5-15(16-10-14)18(3)11-13-6-8-17(2)9-7-13/h4-5,10,12-13,19H,6-9,11H2,1-3H3/t12-/m0/s1. The van der Waals surface area contributed by atoms with E-state index in [0.717, 1.165) is 23.8 Å². The molecule has 1 fully saturated rings. The van der Waals surface area contributed by atoms with Crippen molar-refractivity contribution in [3.63, 3.8) is 0 Å². The van der Waals surface area contributed by atoms with Crippen molar-refractivity contribution in [1.29, 1.82) is 0 Å². The first kappa shape index (κ1) is 14.3. The number of hydrogen-bond donors (Lipinski definition) is 1. The lowest BCUT2D eigenvalue weighted by atomic mass is 9.97. The zero-order valence-electron chi connectivity index (χ0n) is 12.2. The quantitative estimate of drug-likeness (QED) is 0.901. The Kier molecular flexibility index (Phi) is 4.77. The van der Waals surface area contributed by atoms with Crippen LogP contribution in [-0.2, 0) is 0 Å². The zero-order chi connectivity index (χ0) is 13.8. The minimum atomic E-state index is -0.444. The molecule has 0 aromatic carbocycles. The summed E-state index contributed by atoms with van der Waals surface area (Å²) in [7, 11) is 4.29. The molecule has 2 rings (SSSR count). The Morgan fingerprint density at radius 2 is 2.11 bits per heavy atom. The highest BCUT2D eigenvalue weighted by Gasteiger charge is 2.18. The van der Waals surface area contributed by atoms with Crippen LogP contribution in [0.3, 0.4) is 0 Å². The van der Waals surface area contributed by atoms with E-state index in [0.29, 0.717) is 0 Å². The highest BCUT2D eigenvalue weighted by atomic mass is 16.3. The van der Waals surface area contributed by atoms with Gasteiger partial charge in [-0.05, 0) is 57.5 Å². The van der Waals surface area contributed by atoms with Gasteiger partial charge in [-0.1, -0.05) is 6.07 Å². The second-order valence-electron chi connectivity index (χ2n) is 5.75. The molecule has 0 unspecified atom stereocenters. The van der Waals surface area contributed by atoms with Crippen molar-refractivity contribution >= 4 is 5.82 Å². The Hall–Kier alpha value is -1.13. The van der Waals surface area contributed by atoms with Gasteiger partial charge in [-0.25, -0.2) is 4.98 Å². The van der Waals surface area contributed by atoms with E-state index in [4.69, 9.17) is 0 Å². The van der Waals surface area contributed by atoms with Gasteiger partial charge in [0.05, 0.1) is 6.10 Å². The Bertz CT molecular complexity index is 383. The van der Waals surface area contributed by atoms with E-state index in [1.165, 1.54) is 25.9 Å². The van der Waals surface area contributed by atoms with Gasteiger partial charge in [0.25, 0.3) is 0 Å². The minimum Gasteiger partial charge on any atom is -0.389 e. The summed E-state index contributed by atoms with van der Waals surface area (Å²) < 4.78 is 0. The van der Waals surface area contributed by atoms with Gasteiger partial charge in [-0.15, -0.1) is 0 Å². The van der Waals surface area contributed by atoms with E-state index in [1.807, 2.05) is 12.1 Å². The molecular weight excluding hydrogens is 238 g/mol. The van der Waals surface area contributed by atoms with Crippen molar-refractivity contribution in [1.82, 2.24) is 9.88 Å². The van der Waals surface area contributed by atoms with Gasteiger partial charge in [-0.2, -0.15) is 0 Å². The number of rotatable bonds is 4. The minimum absolute atomic E-state index is 0.444. The smallest absolute Gasteiger partial charge is 0.128 e. The predicted molar refractivity (Wildman–Crippen MR) is 78.4 cm³/mol. The van der Waals surface area contributed by atoms with Crippen LogP contribution in [0.15, 0.2) is 18.3 Å². The molecule has 1 N–H and O–H groups in total. The summed E-state index contributed by atoms with van der Waals surface area (Å²) in [6, 6.07) is 3.95. The molecule has 1 aliphatic rings. The van der Waals surface area contributed by atoms with Crippen LogP contribution in [0, 0.1) is 5.92 Å². The molecule has 1 aromatic heterocycles. The summed E-state index contributed by atoms with van der Waals surface area (Å²) in [5, 5.41) is 9.48. The molecule has 4 nitrogen and oxygen atoms in total. The van der Waals surface area contributed by atoms with Crippen molar-refractivity contribution in [2.75, 3.05) is 38.6 Å². The molecule has 106 valence electrons. The first-order valence-electron chi connectivity index (χ1n) is 7.10. The number of nitrogens with zero attached hydrogens (tertiary/aromatic N) is 3. The van der Waals surface area contributed by atoms with Crippen molar-refractivity contribution in [2.24, 2.45) is 5.92 Å². The molecule has 1 saturated heterocycles. The Morgan fingerprint density at radius 3 is 2.63 bits per heavy atom. The maximum absolute atomic E-state index is 9.48. The first-order chi connectivity index (χ1) is 9.06. The third kappa shape index (κ3) is 3.91. The molecule has 4 heteroatoms. The summed E-state index contributed by atoms with van der Waals surface area (Å²) in [6.07, 6.45) is 3.87. The van der Waals surface area contributed by atoms with E-state index in [9.17, 15) is 5.11 Å². The van der Waals surface area contributed by atoms with Crippen LogP contribution in [0.4, 0.5) is 5.82 Å². The number of piperidine rings is 1. The van der Waals surface area contributed by atoms with Gasteiger partial charge in [0.15, 0.2) is 0 Å². The third-order valence-corrected chi connectivity index (χ3v) is 4.01.